The fourth-order valence-electron chi connectivity index (χ4n) is 3.03. The lowest BCUT2D eigenvalue weighted by atomic mass is 10.1. The van der Waals surface area contributed by atoms with Gasteiger partial charge >= 0.3 is 0 Å². The number of nitrogens with zero attached hydrogens (tertiary/aromatic N) is 2. The maximum Gasteiger partial charge on any atom is 0.224 e. The quantitative estimate of drug-likeness (QED) is 0.627. The van der Waals surface area contributed by atoms with Crippen LogP contribution in [-0.4, -0.2) is 42.0 Å². The summed E-state index contributed by atoms with van der Waals surface area (Å²) >= 11 is 0. The zero-order chi connectivity index (χ0) is 13.9. The molecule has 0 aromatic carbocycles. The van der Waals surface area contributed by atoms with Gasteiger partial charge in [-0.25, -0.2) is 4.98 Å². The smallest absolute Gasteiger partial charge is 0.224 e. The highest BCUT2D eigenvalue weighted by atomic mass is 16.5. The van der Waals surface area contributed by atoms with Crippen LogP contribution in [0, 0.1) is 5.41 Å². The molecular formula is C15H22N4O. The molecule has 0 radical (unpaired) electrons. The van der Waals surface area contributed by atoms with E-state index in [2.05, 4.69) is 9.88 Å². The number of likely N-dealkylation sites (tertiary alicyclic amines) is 1. The third-order valence-corrected chi connectivity index (χ3v) is 4.15. The molecule has 0 bridgehead atoms. The van der Waals surface area contributed by atoms with Crippen LogP contribution in [0.3, 0.4) is 0 Å². The van der Waals surface area contributed by atoms with Crippen molar-refractivity contribution in [3.8, 4) is 5.88 Å². The highest BCUT2D eigenvalue weighted by Gasteiger charge is 2.19. The molecule has 108 valence electrons. The maximum atomic E-state index is 7.69. The highest BCUT2D eigenvalue weighted by Crippen LogP contribution is 2.26. The first-order chi connectivity index (χ1) is 9.74. The summed E-state index contributed by atoms with van der Waals surface area (Å²) in [4.78, 5) is 6.98. The van der Waals surface area contributed by atoms with Crippen molar-refractivity contribution in [2.24, 2.45) is 5.73 Å². The molecule has 5 heteroatoms. The van der Waals surface area contributed by atoms with Crippen molar-refractivity contribution in [3.63, 3.8) is 0 Å². The maximum absolute atomic E-state index is 7.69. The van der Waals surface area contributed by atoms with Crippen molar-refractivity contribution in [2.75, 3.05) is 26.2 Å². The summed E-state index contributed by atoms with van der Waals surface area (Å²) in [5.41, 5.74) is 8.64. The summed E-state index contributed by atoms with van der Waals surface area (Å²) in [7, 11) is 0. The van der Waals surface area contributed by atoms with Crippen LogP contribution in [0.5, 0.6) is 5.88 Å². The second kappa shape index (κ2) is 5.79. The van der Waals surface area contributed by atoms with E-state index in [1.807, 2.05) is 6.07 Å². The fraction of sp³-hybridized carbons (Fsp3) is 0.600. The molecule has 1 aromatic heterocycles. The standard InChI is InChI=1S/C15H22N4O/c16-14(17)12-10-11-4-3-5-13(11)18-15(12)20-9-8-19-6-1-2-7-19/h10H,1-9H2,(H3,16,17). The van der Waals surface area contributed by atoms with Crippen LogP contribution in [0.25, 0.3) is 0 Å². The molecule has 1 saturated heterocycles. The van der Waals surface area contributed by atoms with Crippen LogP contribution >= 0.6 is 0 Å². The predicted octanol–water partition coefficient (Wildman–Crippen LogP) is 1.33. The number of aromatic nitrogens is 1. The molecule has 2 aliphatic rings. The number of aryl methyl sites for hydroxylation is 2. The summed E-state index contributed by atoms with van der Waals surface area (Å²) in [6, 6.07) is 1.99. The molecule has 1 aliphatic carbocycles. The van der Waals surface area contributed by atoms with Gasteiger partial charge in [0.25, 0.3) is 0 Å². The molecule has 2 heterocycles. The average Bonchev–Trinajstić information content (AvgIpc) is 3.07. The van der Waals surface area contributed by atoms with Gasteiger partial charge in [0.15, 0.2) is 0 Å². The summed E-state index contributed by atoms with van der Waals surface area (Å²) in [5, 5.41) is 7.69. The molecule has 0 unspecified atom stereocenters. The number of nitrogens with two attached hydrogens (primary N) is 1. The van der Waals surface area contributed by atoms with Gasteiger partial charge in [-0.3, -0.25) is 10.3 Å². The van der Waals surface area contributed by atoms with Crippen LogP contribution in [0.4, 0.5) is 0 Å². The van der Waals surface area contributed by atoms with E-state index in [1.165, 1.54) is 31.5 Å². The summed E-state index contributed by atoms with van der Waals surface area (Å²) in [6.45, 7) is 3.88. The predicted molar refractivity (Wildman–Crippen MR) is 78.4 cm³/mol. The number of pyridine rings is 1. The average molecular weight is 274 g/mol. The second-order valence-corrected chi connectivity index (χ2v) is 5.61. The number of nitrogens with one attached hydrogen (secondary N) is 1. The van der Waals surface area contributed by atoms with Crippen molar-refractivity contribution in [1.82, 2.24) is 9.88 Å². The van der Waals surface area contributed by atoms with Crippen molar-refractivity contribution >= 4 is 5.84 Å². The van der Waals surface area contributed by atoms with Gasteiger partial charge in [0.05, 0.1) is 5.56 Å². The van der Waals surface area contributed by atoms with E-state index in [0.717, 1.165) is 31.5 Å². The third-order valence-electron chi connectivity index (χ3n) is 4.15. The second-order valence-electron chi connectivity index (χ2n) is 5.61. The molecule has 3 rings (SSSR count). The molecule has 1 fully saturated rings. The van der Waals surface area contributed by atoms with Crippen LogP contribution in [0.1, 0.15) is 36.1 Å². The normalized spacial score (nSPS) is 18.2. The lowest BCUT2D eigenvalue weighted by molar-refractivity contribution is 0.231. The Balaban J connectivity index is 1.69. The van der Waals surface area contributed by atoms with Gasteiger partial charge in [0, 0.05) is 12.2 Å². The van der Waals surface area contributed by atoms with Gasteiger partial charge in [-0.1, -0.05) is 0 Å². The lowest BCUT2D eigenvalue weighted by Crippen LogP contribution is -2.26. The minimum atomic E-state index is 0.0448. The minimum Gasteiger partial charge on any atom is -0.476 e. The molecule has 5 nitrogen and oxygen atoms in total. The Kier molecular flexibility index (Phi) is 3.87. The molecule has 0 atom stereocenters. The zero-order valence-corrected chi connectivity index (χ0v) is 11.8. The summed E-state index contributed by atoms with van der Waals surface area (Å²) in [5.74, 6) is 0.584. The zero-order valence-electron chi connectivity index (χ0n) is 11.8. The number of amidine groups is 1. The van der Waals surface area contributed by atoms with E-state index in [-0.39, 0.29) is 5.84 Å². The van der Waals surface area contributed by atoms with Crippen LogP contribution in [-0.2, 0) is 12.8 Å². The Labute approximate surface area is 119 Å². The molecule has 1 aromatic rings. The first-order valence-electron chi connectivity index (χ1n) is 7.46. The first-order valence-corrected chi connectivity index (χ1v) is 7.46. The van der Waals surface area contributed by atoms with Crippen LogP contribution < -0.4 is 10.5 Å². The number of rotatable bonds is 5. The van der Waals surface area contributed by atoms with Gasteiger partial charge in [-0.2, -0.15) is 0 Å². The Morgan fingerprint density at radius 3 is 2.85 bits per heavy atom. The van der Waals surface area contributed by atoms with Gasteiger partial charge < -0.3 is 10.5 Å². The van der Waals surface area contributed by atoms with Gasteiger partial charge in [0.1, 0.15) is 12.4 Å². The topological polar surface area (TPSA) is 75.2 Å². The minimum absolute atomic E-state index is 0.0448. The summed E-state index contributed by atoms with van der Waals surface area (Å²) < 4.78 is 5.81. The van der Waals surface area contributed by atoms with E-state index in [9.17, 15) is 0 Å². The summed E-state index contributed by atoms with van der Waals surface area (Å²) in [6.07, 6.45) is 5.76. The van der Waals surface area contributed by atoms with E-state index in [4.69, 9.17) is 15.9 Å². The molecule has 1 aliphatic heterocycles. The Morgan fingerprint density at radius 2 is 2.10 bits per heavy atom. The molecule has 0 saturated carbocycles. The Morgan fingerprint density at radius 1 is 1.30 bits per heavy atom. The van der Waals surface area contributed by atoms with E-state index in [0.29, 0.717) is 18.1 Å². The van der Waals surface area contributed by atoms with Crippen molar-refractivity contribution in [2.45, 2.75) is 32.1 Å². The van der Waals surface area contributed by atoms with Crippen molar-refractivity contribution in [1.29, 1.82) is 5.41 Å². The van der Waals surface area contributed by atoms with E-state index < -0.39 is 0 Å². The van der Waals surface area contributed by atoms with Crippen molar-refractivity contribution in [3.05, 3.63) is 22.9 Å². The molecule has 0 amide bonds. The fourth-order valence-corrected chi connectivity index (χ4v) is 3.03. The Bertz CT molecular complexity index is 509. The largest absolute Gasteiger partial charge is 0.476 e. The van der Waals surface area contributed by atoms with Gasteiger partial charge in [-0.15, -0.1) is 0 Å². The number of nitrogen functional groups attached to an aromatic ring is 1. The lowest BCUT2D eigenvalue weighted by Gasteiger charge is -2.16. The van der Waals surface area contributed by atoms with E-state index >= 15 is 0 Å². The molecule has 20 heavy (non-hydrogen) atoms. The third kappa shape index (κ3) is 2.77. The van der Waals surface area contributed by atoms with E-state index in [1.54, 1.807) is 0 Å². The number of hydrogen-bond acceptors (Lipinski definition) is 4. The molecule has 3 N–H and O–H groups in total. The monoisotopic (exact) mass is 274 g/mol. The van der Waals surface area contributed by atoms with Crippen LogP contribution in [0.2, 0.25) is 0 Å². The number of hydrogen-bond donors (Lipinski definition) is 2. The highest BCUT2D eigenvalue weighted by molar-refractivity contribution is 5.97. The molecular weight excluding hydrogens is 252 g/mol. The van der Waals surface area contributed by atoms with Crippen LogP contribution in [0.15, 0.2) is 6.07 Å². The van der Waals surface area contributed by atoms with Gasteiger partial charge in [0.2, 0.25) is 5.88 Å². The Hall–Kier alpha value is -1.62. The van der Waals surface area contributed by atoms with Crippen molar-refractivity contribution < 1.29 is 4.74 Å². The first kappa shape index (κ1) is 13.4. The SMILES string of the molecule is N=C(N)c1cc2c(nc1OCCN1CCCC1)CCC2. The molecule has 0 spiro atoms. The van der Waals surface area contributed by atoms with Gasteiger partial charge in [-0.05, 0) is 56.8 Å². The number of fused-ring (bicyclic) bond motifs is 1. The number of ether oxygens (including phenoxy) is 1.